The first-order valence-electron chi connectivity index (χ1n) is 2.71. The van der Waals surface area contributed by atoms with E-state index in [1.54, 1.807) is 0 Å². The molecule has 1 radical (unpaired) electrons. The van der Waals surface area contributed by atoms with Crippen LogP contribution >= 0.6 is 0 Å². The molecule has 2 heteroatoms. The Morgan fingerprint density at radius 2 is 1.88 bits per heavy atom. The Morgan fingerprint density at radius 3 is 2.00 bits per heavy atom. The van der Waals surface area contributed by atoms with Crippen molar-refractivity contribution in [1.82, 2.24) is 4.90 Å². The van der Waals surface area contributed by atoms with Gasteiger partial charge in [0.1, 0.15) is 0 Å². The topological polar surface area (TPSA) is 3.24 Å². The van der Waals surface area contributed by atoms with Crippen molar-refractivity contribution in [1.29, 1.82) is 0 Å². The quantitative estimate of drug-likeness (QED) is 0.535. The van der Waals surface area contributed by atoms with Crippen LogP contribution in [0.3, 0.4) is 0 Å². The molecule has 0 heterocycles. The van der Waals surface area contributed by atoms with E-state index in [2.05, 4.69) is 25.9 Å². The number of hydrogen-bond donors (Lipinski definition) is 0. The Morgan fingerprint density at radius 1 is 1.38 bits per heavy atom. The van der Waals surface area contributed by atoms with Gasteiger partial charge in [-0.3, -0.25) is 0 Å². The summed E-state index contributed by atoms with van der Waals surface area (Å²) in [4.78, 5) is 2.17. The molecule has 0 unspecified atom stereocenters. The van der Waals surface area contributed by atoms with Gasteiger partial charge in [-0.15, -0.1) is 0 Å². The van der Waals surface area contributed by atoms with Gasteiger partial charge in [0, 0.05) is 0 Å². The fourth-order valence-electron chi connectivity index (χ4n) is 0.428. The van der Waals surface area contributed by atoms with Gasteiger partial charge >= 0.3 is 17.6 Å². The van der Waals surface area contributed by atoms with E-state index < -0.39 is 0 Å². The number of rotatable bonds is 3. The van der Waals surface area contributed by atoms with E-state index >= 15 is 0 Å². The van der Waals surface area contributed by atoms with Crippen LogP contribution in [0, 0.1) is 6.92 Å². The fraction of sp³-hybridized carbons (Fsp3) is 0.833. The Kier molecular flexibility index (Phi) is 10.6. The van der Waals surface area contributed by atoms with Crippen molar-refractivity contribution in [2.24, 2.45) is 0 Å². The van der Waals surface area contributed by atoms with Crippen molar-refractivity contribution in [3.8, 4) is 0 Å². The van der Waals surface area contributed by atoms with Crippen LogP contribution in [0.25, 0.3) is 0 Å². The first-order chi connectivity index (χ1) is 3.27. The molecule has 0 aliphatic rings. The molecule has 0 aliphatic heterocycles. The molecule has 0 aromatic carbocycles. The third kappa shape index (κ3) is 9.71. The molecule has 0 aromatic rings. The van der Waals surface area contributed by atoms with E-state index in [0.29, 0.717) is 0 Å². The molecule has 8 heavy (non-hydrogen) atoms. The number of unbranched alkanes of at least 4 members (excludes halogenated alkanes) is 1. The third-order valence-corrected chi connectivity index (χ3v) is 0.855. The van der Waals surface area contributed by atoms with Gasteiger partial charge in [-0.2, -0.15) is 0 Å². The standard InChI is InChI=1S/C6H14N.GeH4/c1-4-5-6-7(2)3;/h1,4-6H2,2-3H3;1H4. The molecule has 0 saturated carbocycles. The van der Waals surface area contributed by atoms with Crippen LogP contribution in [0.4, 0.5) is 0 Å². The molecule has 0 bridgehead atoms. The van der Waals surface area contributed by atoms with Crippen LogP contribution in [0.2, 0.25) is 0 Å². The summed E-state index contributed by atoms with van der Waals surface area (Å²) in [7, 11) is 4.16. The number of nitrogens with zero attached hydrogens (tertiary/aromatic N) is 1. The molecule has 0 spiro atoms. The average Bonchev–Trinajstić information content (AvgIpc) is 1.61. The predicted octanol–water partition coefficient (Wildman–Crippen LogP) is -0.289. The third-order valence-electron chi connectivity index (χ3n) is 0.855. The molecule has 0 fully saturated rings. The summed E-state index contributed by atoms with van der Waals surface area (Å²) in [6.45, 7) is 4.90. The second kappa shape index (κ2) is 7.50. The first-order valence-corrected chi connectivity index (χ1v) is 2.71. The molecule has 0 aliphatic carbocycles. The SMILES string of the molecule is [CH2]CCCN(C)C.[GeH4]. The van der Waals surface area contributed by atoms with Crippen molar-refractivity contribution >= 4 is 17.6 Å². The van der Waals surface area contributed by atoms with Gasteiger partial charge in [0.25, 0.3) is 0 Å². The minimum absolute atomic E-state index is 0. The van der Waals surface area contributed by atoms with E-state index in [0.717, 1.165) is 6.42 Å². The van der Waals surface area contributed by atoms with E-state index in [1.165, 1.54) is 13.0 Å². The van der Waals surface area contributed by atoms with Crippen molar-refractivity contribution in [3.63, 3.8) is 0 Å². The van der Waals surface area contributed by atoms with Crippen molar-refractivity contribution in [2.45, 2.75) is 12.8 Å². The van der Waals surface area contributed by atoms with Gasteiger partial charge in [0.2, 0.25) is 0 Å². The van der Waals surface area contributed by atoms with Gasteiger partial charge in [-0.05, 0) is 27.1 Å². The van der Waals surface area contributed by atoms with E-state index in [4.69, 9.17) is 0 Å². The second-order valence-corrected chi connectivity index (χ2v) is 2.01. The fourth-order valence-corrected chi connectivity index (χ4v) is 0.428. The molecule has 0 saturated heterocycles. The molecule has 0 N–H and O–H groups in total. The minimum atomic E-state index is 0. The van der Waals surface area contributed by atoms with Crippen LogP contribution in [0.15, 0.2) is 0 Å². The monoisotopic (exact) mass is 178 g/mol. The van der Waals surface area contributed by atoms with Crippen LogP contribution < -0.4 is 0 Å². The summed E-state index contributed by atoms with van der Waals surface area (Å²) in [5.74, 6) is 0. The molecule has 0 amide bonds. The Bertz CT molecular complexity index is 37.5. The molecular formula is C6H18GeN. The molecular weight excluding hydrogens is 159 g/mol. The predicted molar refractivity (Wildman–Crippen MR) is 44.5 cm³/mol. The van der Waals surface area contributed by atoms with Crippen molar-refractivity contribution in [2.75, 3.05) is 20.6 Å². The maximum atomic E-state index is 3.73. The van der Waals surface area contributed by atoms with Gasteiger partial charge in [-0.25, -0.2) is 0 Å². The van der Waals surface area contributed by atoms with Crippen LogP contribution in [0.1, 0.15) is 12.8 Å². The van der Waals surface area contributed by atoms with E-state index in [9.17, 15) is 0 Å². The number of hydrogen-bond acceptors (Lipinski definition) is 1. The van der Waals surface area contributed by atoms with E-state index in [1.807, 2.05) is 0 Å². The van der Waals surface area contributed by atoms with Gasteiger partial charge in [-0.1, -0.05) is 13.3 Å². The Balaban J connectivity index is 0. The summed E-state index contributed by atoms with van der Waals surface area (Å²) in [6.07, 6.45) is 2.27. The molecule has 0 atom stereocenters. The van der Waals surface area contributed by atoms with Crippen LogP contribution in [0.5, 0.6) is 0 Å². The van der Waals surface area contributed by atoms with Crippen LogP contribution in [-0.4, -0.2) is 43.1 Å². The summed E-state index contributed by atoms with van der Waals surface area (Å²) in [5.41, 5.74) is 0. The van der Waals surface area contributed by atoms with E-state index in [-0.39, 0.29) is 17.6 Å². The van der Waals surface area contributed by atoms with Crippen molar-refractivity contribution < 1.29 is 0 Å². The zero-order valence-corrected chi connectivity index (χ0v) is 5.28. The molecule has 1 nitrogen and oxygen atoms in total. The molecule has 0 aromatic heterocycles. The zero-order chi connectivity index (χ0) is 5.70. The first kappa shape index (κ1) is 11.3. The second-order valence-electron chi connectivity index (χ2n) is 2.01. The van der Waals surface area contributed by atoms with Crippen LogP contribution in [-0.2, 0) is 0 Å². The van der Waals surface area contributed by atoms with Gasteiger partial charge in [0.15, 0.2) is 0 Å². The molecule has 0 rings (SSSR count). The Labute approximate surface area is 63.4 Å². The zero-order valence-electron chi connectivity index (χ0n) is 5.28. The average molecular weight is 177 g/mol. The summed E-state index contributed by atoms with van der Waals surface area (Å²) >= 11 is 0. The van der Waals surface area contributed by atoms with Gasteiger partial charge < -0.3 is 4.90 Å². The maximum absolute atomic E-state index is 3.73. The summed E-state index contributed by atoms with van der Waals surface area (Å²) in [6, 6.07) is 0. The summed E-state index contributed by atoms with van der Waals surface area (Å²) < 4.78 is 0. The molecule has 51 valence electrons. The normalized spacial score (nSPS) is 9.00. The van der Waals surface area contributed by atoms with Gasteiger partial charge in [0.05, 0.1) is 0 Å². The Hall–Kier alpha value is 0.503. The summed E-state index contributed by atoms with van der Waals surface area (Å²) in [5, 5.41) is 0. The van der Waals surface area contributed by atoms with Crippen molar-refractivity contribution in [3.05, 3.63) is 6.92 Å².